The lowest BCUT2D eigenvalue weighted by Gasteiger charge is -2.14. The van der Waals surface area contributed by atoms with Crippen LogP contribution in [0, 0.1) is 30.1 Å². The molecule has 0 N–H and O–H groups in total. The highest BCUT2D eigenvalue weighted by molar-refractivity contribution is 5.36. The molecule has 1 atom stereocenters. The Balaban J connectivity index is 1.77. The van der Waals surface area contributed by atoms with Crippen molar-refractivity contribution < 1.29 is 0 Å². The average Bonchev–Trinajstić information content (AvgIpc) is 3.34. The van der Waals surface area contributed by atoms with Gasteiger partial charge in [-0.05, 0) is 54.4 Å². The number of rotatable bonds is 6. The van der Waals surface area contributed by atoms with Crippen molar-refractivity contribution in [3.8, 4) is 6.07 Å². The van der Waals surface area contributed by atoms with Crippen LogP contribution >= 0.6 is 0 Å². The molecule has 1 aliphatic carbocycles. The van der Waals surface area contributed by atoms with Crippen molar-refractivity contribution in [1.82, 2.24) is 0 Å². The molecule has 0 bridgehead atoms. The monoisotopic (exact) mass is 289 g/mol. The highest BCUT2D eigenvalue weighted by atomic mass is 14.3. The summed E-state index contributed by atoms with van der Waals surface area (Å²) >= 11 is 0. The molecule has 2 aromatic rings. The van der Waals surface area contributed by atoms with Gasteiger partial charge in [-0.15, -0.1) is 0 Å². The molecule has 1 unspecified atom stereocenters. The number of nitriles is 1. The van der Waals surface area contributed by atoms with Gasteiger partial charge in [0.2, 0.25) is 0 Å². The SMILES string of the molecule is Cc1ccccc1Cc1ccccc1CC(C#N)CC1CC1. The molecule has 0 heterocycles. The van der Waals surface area contributed by atoms with E-state index in [9.17, 15) is 5.26 Å². The van der Waals surface area contributed by atoms with Gasteiger partial charge in [-0.25, -0.2) is 0 Å². The Morgan fingerprint density at radius 1 is 1.00 bits per heavy atom. The van der Waals surface area contributed by atoms with E-state index in [0.717, 1.165) is 25.2 Å². The van der Waals surface area contributed by atoms with Gasteiger partial charge in [0.1, 0.15) is 0 Å². The minimum Gasteiger partial charge on any atom is -0.198 e. The van der Waals surface area contributed by atoms with Crippen LogP contribution in [-0.4, -0.2) is 0 Å². The summed E-state index contributed by atoms with van der Waals surface area (Å²) in [6, 6.07) is 19.7. The van der Waals surface area contributed by atoms with Gasteiger partial charge in [-0.3, -0.25) is 0 Å². The third-order valence-electron chi connectivity index (χ3n) is 4.72. The molecule has 1 fully saturated rings. The molecule has 1 aliphatic rings. The van der Waals surface area contributed by atoms with Crippen LogP contribution in [-0.2, 0) is 12.8 Å². The fourth-order valence-electron chi connectivity index (χ4n) is 3.15. The van der Waals surface area contributed by atoms with E-state index in [0.29, 0.717) is 0 Å². The van der Waals surface area contributed by atoms with Crippen molar-refractivity contribution in [3.63, 3.8) is 0 Å². The van der Waals surface area contributed by atoms with Gasteiger partial charge in [0.25, 0.3) is 0 Å². The number of benzene rings is 2. The Bertz CT molecular complexity index is 676. The van der Waals surface area contributed by atoms with E-state index in [1.165, 1.54) is 35.1 Å². The van der Waals surface area contributed by atoms with Crippen LogP contribution in [0.2, 0.25) is 0 Å². The average molecular weight is 289 g/mol. The van der Waals surface area contributed by atoms with E-state index < -0.39 is 0 Å². The summed E-state index contributed by atoms with van der Waals surface area (Å²) in [6.45, 7) is 2.17. The third kappa shape index (κ3) is 3.77. The highest BCUT2D eigenvalue weighted by Gasteiger charge is 2.25. The highest BCUT2D eigenvalue weighted by Crippen LogP contribution is 2.36. The van der Waals surface area contributed by atoms with Crippen molar-refractivity contribution in [2.45, 2.75) is 39.0 Å². The number of nitrogens with zero attached hydrogens (tertiary/aromatic N) is 1. The van der Waals surface area contributed by atoms with Gasteiger partial charge < -0.3 is 0 Å². The summed E-state index contributed by atoms with van der Waals surface area (Å²) in [6.07, 6.45) is 5.58. The summed E-state index contributed by atoms with van der Waals surface area (Å²) in [5.74, 6) is 0.985. The molecule has 112 valence electrons. The maximum Gasteiger partial charge on any atom is 0.0659 e. The maximum atomic E-state index is 9.44. The zero-order valence-corrected chi connectivity index (χ0v) is 13.3. The first-order valence-electron chi connectivity index (χ1n) is 8.27. The lowest BCUT2D eigenvalue weighted by molar-refractivity contribution is 0.553. The molecule has 0 saturated heterocycles. The predicted molar refractivity (Wildman–Crippen MR) is 90.6 cm³/mol. The van der Waals surface area contributed by atoms with Gasteiger partial charge in [0.05, 0.1) is 12.0 Å². The van der Waals surface area contributed by atoms with Gasteiger partial charge in [-0.2, -0.15) is 5.26 Å². The fourth-order valence-corrected chi connectivity index (χ4v) is 3.15. The quantitative estimate of drug-likeness (QED) is 0.728. The Hall–Kier alpha value is -2.07. The molecule has 0 radical (unpaired) electrons. The predicted octanol–water partition coefficient (Wildman–Crippen LogP) is 5.07. The first kappa shape index (κ1) is 14.9. The molecule has 22 heavy (non-hydrogen) atoms. The van der Waals surface area contributed by atoms with Gasteiger partial charge in [0.15, 0.2) is 0 Å². The van der Waals surface area contributed by atoms with E-state index in [2.05, 4.69) is 61.5 Å². The molecule has 0 aliphatic heterocycles. The lowest BCUT2D eigenvalue weighted by Crippen LogP contribution is -2.06. The van der Waals surface area contributed by atoms with E-state index >= 15 is 0 Å². The summed E-state index contributed by atoms with van der Waals surface area (Å²) < 4.78 is 0. The second-order valence-corrected chi connectivity index (χ2v) is 6.58. The molecular formula is C21H23N. The second-order valence-electron chi connectivity index (χ2n) is 6.58. The summed E-state index contributed by atoms with van der Waals surface area (Å²) in [4.78, 5) is 0. The molecule has 0 amide bonds. The first-order valence-corrected chi connectivity index (χ1v) is 8.27. The standard InChI is InChI=1S/C21H23N/c1-16-6-2-3-7-19(16)14-21-9-5-4-8-20(21)13-18(15-22)12-17-10-11-17/h2-9,17-18H,10-14H2,1H3. The number of aryl methyl sites for hydroxylation is 1. The zero-order chi connectivity index (χ0) is 15.4. The van der Waals surface area contributed by atoms with E-state index in [-0.39, 0.29) is 5.92 Å². The van der Waals surface area contributed by atoms with Crippen LogP contribution in [0.15, 0.2) is 48.5 Å². The number of hydrogen-bond donors (Lipinski definition) is 0. The summed E-state index contributed by atoms with van der Waals surface area (Å²) in [5, 5.41) is 9.44. The van der Waals surface area contributed by atoms with Gasteiger partial charge >= 0.3 is 0 Å². The van der Waals surface area contributed by atoms with Gasteiger partial charge in [0, 0.05) is 0 Å². The Kier molecular flexibility index (Phi) is 4.59. The topological polar surface area (TPSA) is 23.8 Å². The maximum absolute atomic E-state index is 9.44. The van der Waals surface area contributed by atoms with Gasteiger partial charge in [-0.1, -0.05) is 61.4 Å². The molecule has 0 spiro atoms. The number of hydrogen-bond acceptors (Lipinski definition) is 1. The van der Waals surface area contributed by atoms with Crippen molar-refractivity contribution in [2.24, 2.45) is 11.8 Å². The van der Waals surface area contributed by atoms with E-state index in [1.807, 2.05) is 0 Å². The molecule has 1 saturated carbocycles. The van der Waals surface area contributed by atoms with Crippen LogP contribution < -0.4 is 0 Å². The van der Waals surface area contributed by atoms with Crippen LogP contribution in [0.3, 0.4) is 0 Å². The fraction of sp³-hybridized carbons (Fsp3) is 0.381. The summed E-state index contributed by atoms with van der Waals surface area (Å²) in [5.41, 5.74) is 5.43. The van der Waals surface area contributed by atoms with Crippen molar-refractivity contribution in [2.75, 3.05) is 0 Å². The first-order chi connectivity index (χ1) is 10.8. The van der Waals surface area contributed by atoms with Crippen LogP contribution in [0.4, 0.5) is 0 Å². The van der Waals surface area contributed by atoms with E-state index in [1.54, 1.807) is 0 Å². The second kappa shape index (κ2) is 6.79. The lowest BCUT2D eigenvalue weighted by atomic mass is 9.90. The van der Waals surface area contributed by atoms with Crippen molar-refractivity contribution in [3.05, 3.63) is 70.8 Å². The van der Waals surface area contributed by atoms with E-state index in [4.69, 9.17) is 0 Å². The molecule has 3 rings (SSSR count). The normalized spacial score (nSPS) is 15.3. The molecule has 1 heteroatoms. The molecule has 1 nitrogen and oxygen atoms in total. The minimum atomic E-state index is 0.172. The Labute approximate surface area is 133 Å². The molecule has 0 aromatic heterocycles. The Morgan fingerprint density at radius 2 is 1.64 bits per heavy atom. The molecule has 2 aromatic carbocycles. The van der Waals surface area contributed by atoms with Crippen LogP contribution in [0.1, 0.15) is 41.5 Å². The zero-order valence-electron chi connectivity index (χ0n) is 13.3. The largest absolute Gasteiger partial charge is 0.198 e. The van der Waals surface area contributed by atoms with Crippen LogP contribution in [0.25, 0.3) is 0 Å². The molecular weight excluding hydrogens is 266 g/mol. The van der Waals surface area contributed by atoms with Crippen LogP contribution in [0.5, 0.6) is 0 Å². The van der Waals surface area contributed by atoms with Crippen molar-refractivity contribution >= 4 is 0 Å². The third-order valence-corrected chi connectivity index (χ3v) is 4.72. The summed E-state index contributed by atoms with van der Waals surface area (Å²) in [7, 11) is 0. The smallest absolute Gasteiger partial charge is 0.0659 e. The Morgan fingerprint density at radius 3 is 2.27 bits per heavy atom. The van der Waals surface area contributed by atoms with Crippen molar-refractivity contribution in [1.29, 1.82) is 5.26 Å². The minimum absolute atomic E-state index is 0.172.